The quantitative estimate of drug-likeness (QED) is 0.631. The predicted octanol–water partition coefficient (Wildman–Crippen LogP) is 3.27. The Morgan fingerprint density at radius 2 is 2.12 bits per heavy atom. The lowest BCUT2D eigenvalue weighted by Gasteiger charge is -2.19. The summed E-state index contributed by atoms with van der Waals surface area (Å²) in [5.41, 5.74) is 3.04. The van der Waals surface area contributed by atoms with Gasteiger partial charge in [0.1, 0.15) is 5.75 Å². The van der Waals surface area contributed by atoms with E-state index in [-0.39, 0.29) is 23.6 Å². The van der Waals surface area contributed by atoms with E-state index in [2.05, 4.69) is 33.1 Å². The second kappa shape index (κ2) is 6.63. The molecule has 0 saturated heterocycles. The highest BCUT2D eigenvalue weighted by Gasteiger charge is 2.30. The van der Waals surface area contributed by atoms with Gasteiger partial charge in [0.15, 0.2) is 5.65 Å². The third-order valence-corrected chi connectivity index (χ3v) is 5.01. The molecule has 6 heteroatoms. The number of nitrogens with one attached hydrogen (secondary N) is 2. The molecule has 1 aliphatic rings. The highest BCUT2D eigenvalue weighted by Crippen LogP contribution is 2.36. The van der Waals surface area contributed by atoms with E-state index in [0.717, 1.165) is 30.3 Å². The zero-order valence-electron chi connectivity index (χ0n) is 14.3. The molecule has 2 aromatic heterocycles. The molecule has 1 fully saturated rings. The number of H-pyrrole nitrogens is 1. The van der Waals surface area contributed by atoms with E-state index < -0.39 is 0 Å². The van der Waals surface area contributed by atoms with Crippen LogP contribution in [0, 0.1) is 0 Å². The third kappa shape index (κ3) is 2.94. The number of amides is 1. The van der Waals surface area contributed by atoms with Crippen molar-refractivity contribution in [2.45, 2.75) is 31.2 Å². The van der Waals surface area contributed by atoms with Gasteiger partial charge in [0.05, 0.1) is 5.69 Å². The van der Waals surface area contributed by atoms with Gasteiger partial charge in [-0.2, -0.15) is 0 Å². The summed E-state index contributed by atoms with van der Waals surface area (Å²) in [6, 6.07) is 11.2. The first kappa shape index (κ1) is 16.3. The van der Waals surface area contributed by atoms with Gasteiger partial charge in [-0.25, -0.2) is 0 Å². The number of carbonyl (C=O) groups excluding carboxylic acids is 1. The number of para-hydroxylation sites is 1. The lowest BCUT2D eigenvalue weighted by Crippen LogP contribution is -2.35. The second-order valence-corrected chi connectivity index (χ2v) is 6.63. The minimum atomic E-state index is -0.139. The molecule has 1 saturated carbocycles. The topological polar surface area (TPSA) is 90.9 Å². The first-order chi connectivity index (χ1) is 12.7. The molecule has 2 atom stereocenters. The summed E-state index contributed by atoms with van der Waals surface area (Å²) < 4.78 is 0. The lowest BCUT2D eigenvalue weighted by atomic mass is 9.99. The van der Waals surface area contributed by atoms with Crippen molar-refractivity contribution in [1.29, 1.82) is 0 Å². The van der Waals surface area contributed by atoms with Crippen LogP contribution in [0.15, 0.2) is 49.1 Å². The SMILES string of the molecule is C=CC(=O)NC1CCCC1c1cc2cc(-c3ccccc3O)nnc2[nH]1. The normalized spacial score (nSPS) is 19.5. The van der Waals surface area contributed by atoms with Crippen LogP contribution in [-0.4, -0.2) is 32.2 Å². The Hall–Kier alpha value is -3.15. The number of aromatic amines is 1. The molecular weight excluding hydrogens is 328 g/mol. The Morgan fingerprint density at radius 3 is 2.92 bits per heavy atom. The molecular formula is C20H20N4O2. The summed E-state index contributed by atoms with van der Waals surface area (Å²) in [4.78, 5) is 15.0. The van der Waals surface area contributed by atoms with Crippen molar-refractivity contribution in [1.82, 2.24) is 20.5 Å². The van der Waals surface area contributed by atoms with Crippen LogP contribution >= 0.6 is 0 Å². The van der Waals surface area contributed by atoms with E-state index in [0.29, 0.717) is 16.9 Å². The summed E-state index contributed by atoms with van der Waals surface area (Å²) in [7, 11) is 0. The third-order valence-electron chi connectivity index (χ3n) is 5.01. The van der Waals surface area contributed by atoms with E-state index in [1.165, 1.54) is 6.08 Å². The van der Waals surface area contributed by atoms with E-state index >= 15 is 0 Å². The van der Waals surface area contributed by atoms with Gasteiger partial charge < -0.3 is 15.4 Å². The fourth-order valence-electron chi connectivity index (χ4n) is 3.72. The Bertz CT molecular complexity index is 979. The molecule has 3 N–H and O–H groups in total. The number of rotatable bonds is 4. The summed E-state index contributed by atoms with van der Waals surface area (Å²) in [5, 5.41) is 22.5. The molecule has 26 heavy (non-hydrogen) atoms. The number of carbonyl (C=O) groups is 1. The molecule has 1 aromatic carbocycles. The van der Waals surface area contributed by atoms with E-state index in [1.54, 1.807) is 12.1 Å². The van der Waals surface area contributed by atoms with Crippen molar-refractivity contribution < 1.29 is 9.90 Å². The minimum Gasteiger partial charge on any atom is -0.507 e. The smallest absolute Gasteiger partial charge is 0.243 e. The van der Waals surface area contributed by atoms with E-state index in [4.69, 9.17) is 0 Å². The molecule has 132 valence electrons. The predicted molar refractivity (Wildman–Crippen MR) is 99.7 cm³/mol. The molecule has 0 aliphatic heterocycles. The Balaban J connectivity index is 1.67. The van der Waals surface area contributed by atoms with Crippen molar-refractivity contribution in [3.8, 4) is 17.0 Å². The van der Waals surface area contributed by atoms with Crippen LogP contribution in [0.2, 0.25) is 0 Å². The van der Waals surface area contributed by atoms with Gasteiger partial charge in [-0.15, -0.1) is 10.2 Å². The van der Waals surface area contributed by atoms with Crippen molar-refractivity contribution in [2.75, 3.05) is 0 Å². The highest BCUT2D eigenvalue weighted by molar-refractivity contribution is 5.87. The Morgan fingerprint density at radius 1 is 1.27 bits per heavy atom. The summed E-state index contributed by atoms with van der Waals surface area (Å²) in [6.07, 6.45) is 4.34. The maximum absolute atomic E-state index is 11.7. The van der Waals surface area contributed by atoms with Crippen LogP contribution in [0.3, 0.4) is 0 Å². The van der Waals surface area contributed by atoms with Gasteiger partial charge in [0, 0.05) is 28.6 Å². The summed E-state index contributed by atoms with van der Waals surface area (Å²) in [6.45, 7) is 3.52. The molecule has 2 unspecified atom stereocenters. The average Bonchev–Trinajstić information content (AvgIpc) is 3.27. The molecule has 1 amide bonds. The Kier molecular flexibility index (Phi) is 4.16. The fraction of sp³-hybridized carbons (Fsp3) is 0.250. The maximum atomic E-state index is 11.7. The number of phenolic OH excluding ortho intramolecular Hbond substituents is 1. The lowest BCUT2D eigenvalue weighted by molar-refractivity contribution is -0.117. The number of aromatic nitrogens is 3. The maximum Gasteiger partial charge on any atom is 0.243 e. The van der Waals surface area contributed by atoms with Gasteiger partial charge in [0.2, 0.25) is 5.91 Å². The number of hydrogen-bond acceptors (Lipinski definition) is 4. The van der Waals surface area contributed by atoms with Crippen LogP contribution in [-0.2, 0) is 4.79 Å². The molecule has 0 spiro atoms. The van der Waals surface area contributed by atoms with Crippen LogP contribution in [0.4, 0.5) is 0 Å². The molecule has 6 nitrogen and oxygen atoms in total. The molecule has 3 aromatic rings. The summed E-state index contributed by atoms with van der Waals surface area (Å²) in [5.74, 6) is 0.265. The highest BCUT2D eigenvalue weighted by atomic mass is 16.3. The number of phenols is 1. The summed E-state index contributed by atoms with van der Waals surface area (Å²) >= 11 is 0. The monoisotopic (exact) mass is 348 g/mol. The molecule has 4 rings (SSSR count). The minimum absolute atomic E-state index is 0.0964. The first-order valence-electron chi connectivity index (χ1n) is 8.73. The second-order valence-electron chi connectivity index (χ2n) is 6.63. The van der Waals surface area contributed by atoms with Crippen LogP contribution < -0.4 is 5.32 Å². The molecule has 2 heterocycles. The fourth-order valence-corrected chi connectivity index (χ4v) is 3.72. The Labute approximate surface area is 151 Å². The average molecular weight is 348 g/mol. The largest absolute Gasteiger partial charge is 0.507 e. The van der Waals surface area contributed by atoms with E-state index in [9.17, 15) is 9.90 Å². The molecule has 1 aliphatic carbocycles. The van der Waals surface area contributed by atoms with Gasteiger partial charge >= 0.3 is 0 Å². The van der Waals surface area contributed by atoms with Gasteiger partial charge in [0.25, 0.3) is 0 Å². The molecule has 0 bridgehead atoms. The number of nitrogens with zero attached hydrogens (tertiary/aromatic N) is 2. The molecule has 0 radical (unpaired) electrons. The van der Waals surface area contributed by atoms with Crippen molar-refractivity contribution in [2.24, 2.45) is 0 Å². The van der Waals surface area contributed by atoms with Crippen LogP contribution in [0.1, 0.15) is 30.9 Å². The number of hydrogen-bond donors (Lipinski definition) is 3. The number of benzene rings is 1. The van der Waals surface area contributed by atoms with Crippen molar-refractivity contribution in [3.05, 3.63) is 54.7 Å². The zero-order valence-corrected chi connectivity index (χ0v) is 14.3. The van der Waals surface area contributed by atoms with Crippen molar-refractivity contribution in [3.63, 3.8) is 0 Å². The first-order valence-corrected chi connectivity index (χ1v) is 8.73. The van der Waals surface area contributed by atoms with E-state index in [1.807, 2.05) is 18.2 Å². The zero-order chi connectivity index (χ0) is 18.1. The van der Waals surface area contributed by atoms with Crippen LogP contribution in [0.5, 0.6) is 5.75 Å². The van der Waals surface area contributed by atoms with Crippen LogP contribution in [0.25, 0.3) is 22.3 Å². The van der Waals surface area contributed by atoms with Gasteiger partial charge in [-0.05, 0) is 43.2 Å². The van der Waals surface area contributed by atoms with Crippen molar-refractivity contribution >= 4 is 16.9 Å². The number of aromatic hydroxyl groups is 1. The standard InChI is InChI=1S/C20H20N4O2/c1-2-19(26)21-15-8-5-7-13(15)16-10-12-11-17(23-24-20(12)22-16)14-6-3-4-9-18(14)25/h2-4,6,9-11,13,15,25H,1,5,7-8H2,(H,21,26)(H,22,24). The van der Waals surface area contributed by atoms with Gasteiger partial charge in [-0.1, -0.05) is 25.1 Å². The number of fused-ring (bicyclic) bond motifs is 1. The van der Waals surface area contributed by atoms with Gasteiger partial charge in [-0.3, -0.25) is 4.79 Å².